The third kappa shape index (κ3) is 4.14. The van der Waals surface area contributed by atoms with E-state index in [1.807, 2.05) is 0 Å². The zero-order chi connectivity index (χ0) is 19.8. The van der Waals surface area contributed by atoms with Crippen LogP contribution in [0.25, 0.3) is 0 Å². The Morgan fingerprint density at radius 3 is 1.46 bits per heavy atom. The topological polar surface area (TPSA) is 9.23 Å². The van der Waals surface area contributed by atoms with Crippen molar-refractivity contribution in [3.63, 3.8) is 0 Å². The Hall–Kier alpha value is -0.593. The van der Waals surface area contributed by atoms with Crippen LogP contribution in [0.2, 0.25) is 19.1 Å². The normalized spacial score (nSPS) is 15.8. The first kappa shape index (κ1) is 23.4. The van der Waals surface area contributed by atoms with Gasteiger partial charge < -0.3 is 4.43 Å². The number of rotatable bonds is 8. The summed E-state index contributed by atoms with van der Waals surface area (Å²) < 4.78 is 145. The van der Waals surface area contributed by atoms with Crippen LogP contribution in [-0.4, -0.2) is 44.8 Å². The van der Waals surface area contributed by atoms with E-state index in [9.17, 15) is 48.3 Å². The highest BCUT2D eigenvalue weighted by atomic mass is 28.4. The van der Waals surface area contributed by atoms with Gasteiger partial charge in [-0.1, -0.05) is 0 Å². The highest BCUT2D eigenvalue weighted by Crippen LogP contribution is 2.58. The van der Waals surface area contributed by atoms with Crippen molar-refractivity contribution in [1.82, 2.24) is 0 Å². The van der Waals surface area contributed by atoms with Gasteiger partial charge in [-0.05, 0) is 26.1 Å². The molecule has 0 atom stereocenters. The van der Waals surface area contributed by atoms with Gasteiger partial charge in [0, 0.05) is 13.0 Å². The lowest BCUT2D eigenvalue weighted by atomic mass is 9.96. The molecule has 0 aromatic carbocycles. The number of alkyl halides is 11. The largest absolute Gasteiger partial charge is 0.460 e. The Morgan fingerprint density at radius 1 is 0.708 bits per heavy atom. The third-order valence-corrected chi connectivity index (χ3v) is 5.70. The molecule has 24 heavy (non-hydrogen) atoms. The van der Waals surface area contributed by atoms with Crippen molar-refractivity contribution >= 4 is 8.32 Å². The first-order valence-corrected chi connectivity index (χ1v) is 9.60. The molecule has 0 bridgehead atoms. The average Bonchev–Trinajstić information content (AvgIpc) is 2.34. The summed E-state index contributed by atoms with van der Waals surface area (Å²) in [5.74, 6) is -27.4. The Balaban J connectivity index is 5.61. The minimum absolute atomic E-state index is 0.00346. The molecular formula is C11H15F11OSi. The molecule has 0 fully saturated rings. The van der Waals surface area contributed by atoms with Gasteiger partial charge in [0.2, 0.25) is 0 Å². The lowest BCUT2D eigenvalue weighted by Gasteiger charge is -2.38. The van der Waals surface area contributed by atoms with E-state index in [-0.39, 0.29) is 6.61 Å². The van der Waals surface area contributed by atoms with Crippen LogP contribution >= 0.6 is 0 Å². The summed E-state index contributed by atoms with van der Waals surface area (Å²) in [7, 11) is -3.00. The van der Waals surface area contributed by atoms with Gasteiger partial charge in [-0.15, -0.1) is 0 Å². The molecule has 13 heteroatoms. The Morgan fingerprint density at radius 2 is 1.12 bits per heavy atom. The summed E-state index contributed by atoms with van der Waals surface area (Å²) in [4.78, 5) is 0. The van der Waals surface area contributed by atoms with Crippen LogP contribution in [0.5, 0.6) is 0 Å². The van der Waals surface area contributed by atoms with Crippen LogP contribution in [0.1, 0.15) is 13.3 Å². The Labute approximate surface area is 131 Å². The van der Waals surface area contributed by atoms with E-state index in [2.05, 4.69) is 0 Å². The van der Waals surface area contributed by atoms with E-state index in [1.54, 1.807) is 0 Å². The van der Waals surface area contributed by atoms with E-state index in [4.69, 9.17) is 4.43 Å². The molecule has 0 heterocycles. The average molecular weight is 400 g/mol. The van der Waals surface area contributed by atoms with Gasteiger partial charge in [0.15, 0.2) is 8.32 Å². The molecule has 146 valence electrons. The summed E-state index contributed by atoms with van der Waals surface area (Å²) in [6, 6.07) is -0.850. The van der Waals surface area contributed by atoms with Crippen molar-refractivity contribution in [2.45, 2.75) is 62.3 Å². The van der Waals surface area contributed by atoms with Crippen molar-refractivity contribution in [2.24, 2.45) is 0 Å². The molecular weight excluding hydrogens is 385 g/mol. The molecule has 0 N–H and O–H groups in total. The maximum absolute atomic E-state index is 13.4. The molecule has 0 spiro atoms. The fourth-order valence-corrected chi connectivity index (χ4v) is 3.52. The maximum atomic E-state index is 13.4. The quantitative estimate of drug-likeness (QED) is 0.374. The van der Waals surface area contributed by atoms with Gasteiger partial charge in [0.05, 0.1) is 0 Å². The number of halogens is 11. The van der Waals surface area contributed by atoms with E-state index in [0.29, 0.717) is 0 Å². The second kappa shape index (κ2) is 6.61. The minimum Gasteiger partial charge on any atom is -0.418 e. The van der Waals surface area contributed by atoms with Crippen LogP contribution in [0.15, 0.2) is 0 Å². The molecule has 0 saturated heterocycles. The first-order chi connectivity index (χ1) is 10.3. The van der Waals surface area contributed by atoms with Crippen LogP contribution in [0.3, 0.4) is 0 Å². The summed E-state index contributed by atoms with van der Waals surface area (Å²) in [5.41, 5.74) is 0. The Kier molecular flexibility index (Phi) is 6.45. The number of hydrogen-bond donors (Lipinski definition) is 0. The molecule has 0 aliphatic carbocycles. The highest BCUT2D eigenvalue weighted by molar-refractivity contribution is 6.71. The summed E-state index contributed by atoms with van der Waals surface area (Å²) >= 11 is 0. The van der Waals surface area contributed by atoms with Crippen molar-refractivity contribution in [3.05, 3.63) is 0 Å². The fourth-order valence-electron chi connectivity index (χ4n) is 1.68. The predicted molar refractivity (Wildman–Crippen MR) is 64.4 cm³/mol. The molecule has 0 rings (SSSR count). The van der Waals surface area contributed by atoms with Crippen molar-refractivity contribution in [1.29, 1.82) is 0 Å². The molecule has 0 aromatic heterocycles. The highest BCUT2D eigenvalue weighted by Gasteiger charge is 2.86. The van der Waals surface area contributed by atoms with Gasteiger partial charge in [0.1, 0.15) is 0 Å². The zero-order valence-electron chi connectivity index (χ0n) is 12.7. The molecule has 0 unspecified atom stereocenters. The van der Waals surface area contributed by atoms with Gasteiger partial charge in [0.25, 0.3) is 0 Å². The molecule has 0 aliphatic rings. The first-order valence-electron chi connectivity index (χ1n) is 6.49. The second-order valence-corrected chi connectivity index (χ2v) is 9.93. The van der Waals surface area contributed by atoms with Gasteiger partial charge >= 0.3 is 29.9 Å². The molecule has 1 nitrogen and oxygen atoms in total. The Bertz CT molecular complexity index is 430. The zero-order valence-corrected chi connectivity index (χ0v) is 13.7. The lowest BCUT2D eigenvalue weighted by molar-refractivity contribution is -0.422. The van der Waals surface area contributed by atoms with Crippen LogP contribution < -0.4 is 0 Å². The van der Waals surface area contributed by atoms with Gasteiger partial charge in [-0.2, -0.15) is 48.3 Å². The van der Waals surface area contributed by atoms with E-state index in [1.165, 1.54) is 20.0 Å². The SMILES string of the molecule is CCO[Si](C)(C)CCC(F)(F)C(F)(F)C(F)(F)C(F)(F)C(F)(F)F. The fraction of sp³-hybridized carbons (Fsp3) is 1.00. The summed E-state index contributed by atoms with van der Waals surface area (Å²) in [6.07, 6.45) is -9.15. The number of hydrogen-bond acceptors (Lipinski definition) is 1. The molecule has 0 aromatic rings. The van der Waals surface area contributed by atoms with Crippen molar-refractivity contribution in [3.8, 4) is 0 Å². The molecule has 0 radical (unpaired) electrons. The second-order valence-electron chi connectivity index (χ2n) is 5.62. The lowest BCUT2D eigenvalue weighted by Crippen LogP contribution is -2.66. The predicted octanol–water partition coefficient (Wildman–Crippen LogP) is 5.72. The van der Waals surface area contributed by atoms with Gasteiger partial charge in [-0.25, -0.2) is 0 Å². The summed E-state index contributed by atoms with van der Waals surface area (Å²) in [5, 5.41) is 0. The molecule has 0 aliphatic heterocycles. The standard InChI is InChI=1S/C11H15F11OSi/c1-4-23-24(2,3)6-5-7(12,13)8(14,15)9(16,17)10(18,19)11(20,21)22/h4-6H2,1-3H3. The van der Waals surface area contributed by atoms with Crippen molar-refractivity contribution in [2.75, 3.05) is 6.61 Å². The smallest absolute Gasteiger partial charge is 0.418 e. The van der Waals surface area contributed by atoms with E-state index in [0.717, 1.165) is 0 Å². The molecule has 0 amide bonds. The van der Waals surface area contributed by atoms with Crippen LogP contribution in [-0.2, 0) is 4.43 Å². The minimum atomic E-state index is -7.33. The van der Waals surface area contributed by atoms with Crippen LogP contribution in [0, 0.1) is 0 Å². The van der Waals surface area contributed by atoms with E-state index < -0.39 is 50.6 Å². The van der Waals surface area contributed by atoms with E-state index >= 15 is 0 Å². The maximum Gasteiger partial charge on any atom is 0.460 e. The summed E-state index contributed by atoms with van der Waals surface area (Å²) in [6.45, 7) is 3.99. The van der Waals surface area contributed by atoms with Crippen LogP contribution in [0.4, 0.5) is 48.3 Å². The molecule has 0 saturated carbocycles. The van der Waals surface area contributed by atoms with Crippen molar-refractivity contribution < 1.29 is 52.7 Å². The monoisotopic (exact) mass is 400 g/mol. The third-order valence-electron chi connectivity index (χ3n) is 3.18. The van der Waals surface area contributed by atoms with Gasteiger partial charge in [-0.3, -0.25) is 0 Å².